The highest BCUT2D eigenvalue weighted by molar-refractivity contribution is 9.10. The van der Waals surface area contributed by atoms with Gasteiger partial charge in [0.05, 0.1) is 11.6 Å². The van der Waals surface area contributed by atoms with E-state index in [1.165, 1.54) is 7.11 Å². The molecule has 0 unspecified atom stereocenters. The number of ether oxygens (including phenoxy) is 1. The zero-order valence-electron chi connectivity index (χ0n) is 8.39. The fraction of sp³-hybridized carbons (Fsp3) is 0.300. The molecule has 0 fully saturated rings. The molecule has 16 heavy (non-hydrogen) atoms. The molecule has 0 heterocycles. The van der Waals surface area contributed by atoms with Crippen molar-refractivity contribution in [2.75, 3.05) is 7.11 Å². The van der Waals surface area contributed by atoms with Gasteiger partial charge in [-0.05, 0) is 28.4 Å². The van der Waals surface area contributed by atoms with Crippen molar-refractivity contribution in [3.63, 3.8) is 0 Å². The average molecular weight is 295 g/mol. The summed E-state index contributed by atoms with van der Waals surface area (Å²) in [4.78, 5) is 10.4. The van der Waals surface area contributed by atoms with Gasteiger partial charge in [-0.3, -0.25) is 4.79 Å². The highest BCUT2D eigenvalue weighted by Crippen LogP contribution is 2.31. The number of aliphatic carboxylic acids is 1. The van der Waals surface area contributed by atoms with E-state index >= 15 is 0 Å². The van der Waals surface area contributed by atoms with Crippen molar-refractivity contribution < 1.29 is 23.4 Å². The zero-order chi connectivity index (χ0) is 12.3. The lowest BCUT2D eigenvalue weighted by molar-refractivity contribution is -0.136. The Labute approximate surface area is 99.2 Å². The molecule has 0 bridgehead atoms. The van der Waals surface area contributed by atoms with Gasteiger partial charge in [0.2, 0.25) is 0 Å². The lowest BCUT2D eigenvalue weighted by Crippen LogP contribution is -2.04. The molecule has 0 saturated heterocycles. The van der Waals surface area contributed by atoms with Gasteiger partial charge in [-0.1, -0.05) is 0 Å². The van der Waals surface area contributed by atoms with E-state index in [1.807, 2.05) is 0 Å². The van der Waals surface area contributed by atoms with Crippen molar-refractivity contribution in [3.05, 3.63) is 27.7 Å². The maximum atomic E-state index is 13.6. The molecule has 3 nitrogen and oxygen atoms in total. The molecule has 0 radical (unpaired) electrons. The normalized spacial score (nSPS) is 10.2. The van der Waals surface area contributed by atoms with E-state index < -0.39 is 17.6 Å². The Kier molecular flexibility index (Phi) is 4.23. The van der Waals surface area contributed by atoms with Crippen molar-refractivity contribution in [1.82, 2.24) is 0 Å². The average Bonchev–Trinajstić information content (AvgIpc) is 2.20. The molecule has 1 N–H and O–H groups in total. The van der Waals surface area contributed by atoms with Gasteiger partial charge < -0.3 is 9.84 Å². The summed E-state index contributed by atoms with van der Waals surface area (Å²) in [7, 11) is 1.20. The Morgan fingerprint density at radius 3 is 2.69 bits per heavy atom. The molecule has 6 heteroatoms. The van der Waals surface area contributed by atoms with Crippen LogP contribution in [0.4, 0.5) is 8.78 Å². The first-order valence-electron chi connectivity index (χ1n) is 4.39. The number of halogens is 3. The third-order valence-corrected chi connectivity index (χ3v) is 2.59. The molecular weight excluding hydrogens is 286 g/mol. The number of rotatable bonds is 4. The monoisotopic (exact) mass is 294 g/mol. The summed E-state index contributed by atoms with van der Waals surface area (Å²) < 4.78 is 31.6. The third-order valence-electron chi connectivity index (χ3n) is 2.01. The lowest BCUT2D eigenvalue weighted by atomic mass is 10.1. The molecule has 0 aliphatic rings. The number of benzene rings is 1. The van der Waals surface area contributed by atoms with Crippen LogP contribution in [0.15, 0.2) is 10.5 Å². The van der Waals surface area contributed by atoms with Gasteiger partial charge in [-0.25, -0.2) is 8.78 Å². The summed E-state index contributed by atoms with van der Waals surface area (Å²) in [5.74, 6) is -2.75. The second-order valence-electron chi connectivity index (χ2n) is 3.06. The number of methoxy groups -OCH3 is 1. The van der Waals surface area contributed by atoms with Gasteiger partial charge >= 0.3 is 5.97 Å². The van der Waals surface area contributed by atoms with Crippen LogP contribution in [0.2, 0.25) is 0 Å². The van der Waals surface area contributed by atoms with Crippen LogP contribution in [0.5, 0.6) is 5.75 Å². The largest absolute Gasteiger partial charge is 0.493 e. The molecule has 0 atom stereocenters. The van der Waals surface area contributed by atoms with Crippen LogP contribution in [0.3, 0.4) is 0 Å². The van der Waals surface area contributed by atoms with Crippen LogP contribution >= 0.6 is 15.9 Å². The Morgan fingerprint density at radius 2 is 2.19 bits per heavy atom. The van der Waals surface area contributed by atoms with Crippen molar-refractivity contribution >= 4 is 21.9 Å². The molecular formula is C10H9BrF2O3. The highest BCUT2D eigenvalue weighted by atomic mass is 79.9. The number of hydrogen-bond donors (Lipinski definition) is 1. The lowest BCUT2D eigenvalue weighted by Gasteiger charge is -2.11. The summed E-state index contributed by atoms with van der Waals surface area (Å²) >= 11 is 2.85. The predicted octanol–water partition coefficient (Wildman–Crippen LogP) is 2.75. The Bertz CT molecular complexity index is 421. The summed E-state index contributed by atoms with van der Waals surface area (Å²) in [5.41, 5.74) is -0.0724. The van der Waals surface area contributed by atoms with Gasteiger partial charge in [0.15, 0.2) is 11.6 Å². The van der Waals surface area contributed by atoms with E-state index in [9.17, 15) is 13.6 Å². The SMILES string of the molecule is COc1c(F)cc(Br)c(F)c1CCC(=O)O. The van der Waals surface area contributed by atoms with Crippen LogP contribution in [0.1, 0.15) is 12.0 Å². The van der Waals surface area contributed by atoms with Crippen LogP contribution < -0.4 is 4.74 Å². The van der Waals surface area contributed by atoms with Crippen molar-refractivity contribution in [2.24, 2.45) is 0 Å². The van der Waals surface area contributed by atoms with Gasteiger partial charge in [-0.15, -0.1) is 0 Å². The molecule has 0 aromatic heterocycles. The van der Waals surface area contributed by atoms with Crippen molar-refractivity contribution in [3.8, 4) is 5.75 Å². The maximum absolute atomic E-state index is 13.6. The topological polar surface area (TPSA) is 46.5 Å². The van der Waals surface area contributed by atoms with E-state index in [2.05, 4.69) is 15.9 Å². The molecule has 0 amide bonds. The quantitative estimate of drug-likeness (QED) is 0.869. The van der Waals surface area contributed by atoms with E-state index in [-0.39, 0.29) is 28.6 Å². The highest BCUT2D eigenvalue weighted by Gasteiger charge is 2.18. The predicted molar refractivity (Wildman–Crippen MR) is 56.6 cm³/mol. The summed E-state index contributed by atoms with van der Waals surface area (Å²) in [5, 5.41) is 8.50. The summed E-state index contributed by atoms with van der Waals surface area (Å²) in [6.07, 6.45) is -0.413. The van der Waals surface area contributed by atoms with E-state index in [0.717, 1.165) is 6.07 Å². The fourth-order valence-electron chi connectivity index (χ4n) is 1.30. The van der Waals surface area contributed by atoms with E-state index in [0.29, 0.717) is 0 Å². The maximum Gasteiger partial charge on any atom is 0.303 e. The number of carbonyl (C=O) groups is 1. The van der Waals surface area contributed by atoms with Crippen LogP contribution in [-0.4, -0.2) is 18.2 Å². The molecule has 0 aliphatic carbocycles. The minimum Gasteiger partial charge on any atom is -0.493 e. The minimum atomic E-state index is -1.08. The van der Waals surface area contributed by atoms with Crippen LogP contribution in [0, 0.1) is 11.6 Å². The number of carboxylic acid groups (broad SMARTS) is 1. The van der Waals surface area contributed by atoms with Crippen molar-refractivity contribution in [2.45, 2.75) is 12.8 Å². The van der Waals surface area contributed by atoms with Crippen LogP contribution in [-0.2, 0) is 11.2 Å². The standard InChI is InChI=1S/C10H9BrF2O3/c1-16-10-5(2-3-8(14)15)9(13)6(11)4-7(10)12/h4H,2-3H2,1H3,(H,14,15). The van der Waals surface area contributed by atoms with E-state index in [4.69, 9.17) is 9.84 Å². The zero-order valence-corrected chi connectivity index (χ0v) is 9.98. The van der Waals surface area contributed by atoms with Gasteiger partial charge in [-0.2, -0.15) is 0 Å². The first-order valence-corrected chi connectivity index (χ1v) is 5.18. The van der Waals surface area contributed by atoms with Crippen LogP contribution in [0.25, 0.3) is 0 Å². The second-order valence-corrected chi connectivity index (χ2v) is 3.91. The van der Waals surface area contributed by atoms with Gasteiger partial charge in [0, 0.05) is 12.0 Å². The van der Waals surface area contributed by atoms with Gasteiger partial charge in [0.1, 0.15) is 5.82 Å². The minimum absolute atomic E-state index is 0.0498. The van der Waals surface area contributed by atoms with Crippen molar-refractivity contribution in [1.29, 1.82) is 0 Å². The molecule has 1 aromatic carbocycles. The molecule has 1 rings (SSSR count). The molecule has 88 valence electrons. The fourth-order valence-corrected chi connectivity index (χ4v) is 1.74. The Hall–Kier alpha value is -1.17. The number of hydrogen-bond acceptors (Lipinski definition) is 2. The molecule has 0 spiro atoms. The second kappa shape index (κ2) is 5.25. The number of carboxylic acids is 1. The summed E-state index contributed by atoms with van der Waals surface area (Å²) in [6, 6.07) is 0.943. The third kappa shape index (κ3) is 2.69. The first-order chi connectivity index (χ1) is 7.47. The summed E-state index contributed by atoms with van der Waals surface area (Å²) in [6.45, 7) is 0. The Morgan fingerprint density at radius 1 is 1.56 bits per heavy atom. The van der Waals surface area contributed by atoms with E-state index in [1.54, 1.807) is 0 Å². The molecule has 0 saturated carbocycles. The smallest absolute Gasteiger partial charge is 0.303 e. The van der Waals surface area contributed by atoms with Gasteiger partial charge in [0.25, 0.3) is 0 Å². The molecule has 1 aromatic rings. The first kappa shape index (κ1) is 12.9. The Balaban J connectivity index is 3.17. The molecule has 0 aliphatic heterocycles.